The lowest BCUT2D eigenvalue weighted by atomic mass is 9.94. The summed E-state index contributed by atoms with van der Waals surface area (Å²) in [4.78, 5) is 20.4. The van der Waals surface area contributed by atoms with E-state index >= 15 is 0 Å². The van der Waals surface area contributed by atoms with E-state index in [2.05, 4.69) is 9.98 Å². The quantitative estimate of drug-likeness (QED) is 0.909. The minimum absolute atomic E-state index is 0.0267. The molecule has 0 fully saturated rings. The predicted molar refractivity (Wildman–Crippen MR) is 77.0 cm³/mol. The second kappa shape index (κ2) is 5.45. The standard InChI is InChI=1S/C15H19N3O2/c1-10(2)12(19)8-11-4-6-17-13(9-11)15(3)5-7-20-14(16)18-15/h4-7,9-10H,8H2,1-3H3,(H2,16,18)/t15-/m0/s1. The number of carbonyl (C=O) groups is 1. The lowest BCUT2D eigenvalue weighted by Crippen LogP contribution is -2.28. The van der Waals surface area contributed by atoms with Crippen LogP contribution in [0.5, 0.6) is 0 Å². The molecule has 106 valence electrons. The smallest absolute Gasteiger partial charge is 0.288 e. The zero-order chi connectivity index (χ0) is 14.8. The zero-order valence-electron chi connectivity index (χ0n) is 12.0. The van der Waals surface area contributed by atoms with E-state index in [9.17, 15) is 4.79 Å². The largest absolute Gasteiger partial charge is 0.434 e. The molecule has 1 aliphatic rings. The number of nitrogens with two attached hydrogens (primary N) is 1. The van der Waals surface area contributed by atoms with Crippen LogP contribution in [0.3, 0.4) is 0 Å². The van der Waals surface area contributed by atoms with Crippen LogP contribution in [0.4, 0.5) is 0 Å². The fourth-order valence-corrected chi connectivity index (χ4v) is 1.94. The van der Waals surface area contributed by atoms with Gasteiger partial charge in [0, 0.05) is 18.5 Å². The summed E-state index contributed by atoms with van der Waals surface area (Å²) in [6.45, 7) is 5.70. The second-order valence-electron chi connectivity index (χ2n) is 5.37. The number of ketones is 1. The van der Waals surface area contributed by atoms with E-state index in [1.807, 2.05) is 32.9 Å². The topological polar surface area (TPSA) is 77.6 Å². The molecule has 1 aromatic heterocycles. The Morgan fingerprint density at radius 3 is 2.90 bits per heavy atom. The molecule has 5 heteroatoms. The number of Topliss-reactive ketones (excluding diaryl/α,β-unsaturated/α-hetero) is 1. The maximum Gasteiger partial charge on any atom is 0.288 e. The first-order valence-electron chi connectivity index (χ1n) is 6.58. The number of rotatable bonds is 4. The second-order valence-corrected chi connectivity index (χ2v) is 5.37. The maximum absolute atomic E-state index is 11.8. The predicted octanol–water partition coefficient (Wildman–Crippen LogP) is 1.92. The third kappa shape index (κ3) is 3.04. The van der Waals surface area contributed by atoms with Crippen LogP contribution in [-0.2, 0) is 21.5 Å². The summed E-state index contributed by atoms with van der Waals surface area (Å²) in [5, 5.41) is 0. The molecule has 0 aliphatic carbocycles. The highest BCUT2D eigenvalue weighted by atomic mass is 16.5. The number of aliphatic imine (C=N–C) groups is 1. The average Bonchev–Trinajstić information content (AvgIpc) is 2.38. The van der Waals surface area contributed by atoms with Crippen LogP contribution >= 0.6 is 0 Å². The van der Waals surface area contributed by atoms with Crippen molar-refractivity contribution in [3.05, 3.63) is 41.9 Å². The minimum atomic E-state index is -0.654. The highest BCUT2D eigenvalue weighted by Crippen LogP contribution is 2.28. The van der Waals surface area contributed by atoms with Crippen molar-refractivity contribution in [1.82, 2.24) is 4.98 Å². The van der Waals surface area contributed by atoms with E-state index in [4.69, 9.17) is 10.5 Å². The molecule has 0 unspecified atom stereocenters. The van der Waals surface area contributed by atoms with Crippen LogP contribution in [0, 0.1) is 5.92 Å². The molecule has 20 heavy (non-hydrogen) atoms. The Labute approximate surface area is 118 Å². The number of nitrogens with zero attached hydrogens (tertiary/aromatic N) is 2. The van der Waals surface area contributed by atoms with Crippen molar-refractivity contribution in [1.29, 1.82) is 0 Å². The first-order valence-corrected chi connectivity index (χ1v) is 6.58. The number of carbonyl (C=O) groups excluding carboxylic acids is 1. The Kier molecular flexibility index (Phi) is 3.88. The Balaban J connectivity index is 2.28. The highest BCUT2D eigenvalue weighted by Gasteiger charge is 2.28. The zero-order valence-corrected chi connectivity index (χ0v) is 12.0. The van der Waals surface area contributed by atoms with Gasteiger partial charge in [0.2, 0.25) is 0 Å². The fourth-order valence-electron chi connectivity index (χ4n) is 1.94. The Morgan fingerprint density at radius 2 is 2.25 bits per heavy atom. The number of amidine groups is 1. The van der Waals surface area contributed by atoms with E-state index in [0.717, 1.165) is 11.3 Å². The number of hydrogen-bond acceptors (Lipinski definition) is 5. The summed E-state index contributed by atoms with van der Waals surface area (Å²) in [6.07, 6.45) is 5.40. The molecule has 1 atom stereocenters. The van der Waals surface area contributed by atoms with E-state index in [0.29, 0.717) is 6.42 Å². The van der Waals surface area contributed by atoms with Crippen molar-refractivity contribution in [3.8, 4) is 0 Å². The van der Waals surface area contributed by atoms with Gasteiger partial charge in [-0.25, -0.2) is 4.99 Å². The number of ether oxygens (including phenoxy) is 1. The molecular formula is C15H19N3O2. The summed E-state index contributed by atoms with van der Waals surface area (Å²) >= 11 is 0. The highest BCUT2D eigenvalue weighted by molar-refractivity contribution is 5.82. The molecule has 5 nitrogen and oxygen atoms in total. The molecular weight excluding hydrogens is 254 g/mol. The summed E-state index contributed by atoms with van der Waals surface area (Å²) in [7, 11) is 0. The number of pyridine rings is 1. The third-order valence-corrected chi connectivity index (χ3v) is 3.29. The molecule has 0 saturated heterocycles. The lowest BCUT2D eigenvalue weighted by molar-refractivity contribution is -0.121. The van der Waals surface area contributed by atoms with E-state index in [1.165, 1.54) is 6.26 Å². The fraction of sp³-hybridized carbons (Fsp3) is 0.400. The van der Waals surface area contributed by atoms with Gasteiger partial charge >= 0.3 is 0 Å². The number of hydrogen-bond donors (Lipinski definition) is 1. The molecule has 0 radical (unpaired) electrons. The molecule has 0 bridgehead atoms. The Bertz CT molecular complexity index is 578. The number of aromatic nitrogens is 1. The Morgan fingerprint density at radius 1 is 1.50 bits per heavy atom. The van der Waals surface area contributed by atoms with Crippen LogP contribution in [0.2, 0.25) is 0 Å². The van der Waals surface area contributed by atoms with Gasteiger partial charge in [-0.05, 0) is 30.7 Å². The average molecular weight is 273 g/mol. The molecule has 2 rings (SSSR count). The van der Waals surface area contributed by atoms with Gasteiger partial charge in [0.15, 0.2) is 0 Å². The summed E-state index contributed by atoms with van der Waals surface area (Å²) in [5.41, 5.74) is 6.63. The van der Waals surface area contributed by atoms with Gasteiger partial charge in [0.05, 0.1) is 12.0 Å². The Hall–Kier alpha value is -2.17. The van der Waals surface area contributed by atoms with Gasteiger partial charge in [-0.2, -0.15) is 0 Å². The normalized spacial score (nSPS) is 21.5. The van der Waals surface area contributed by atoms with Crippen molar-refractivity contribution < 1.29 is 9.53 Å². The monoisotopic (exact) mass is 273 g/mol. The van der Waals surface area contributed by atoms with Crippen LogP contribution in [0.25, 0.3) is 0 Å². The van der Waals surface area contributed by atoms with Gasteiger partial charge in [-0.15, -0.1) is 0 Å². The van der Waals surface area contributed by atoms with Gasteiger partial charge < -0.3 is 10.5 Å². The summed E-state index contributed by atoms with van der Waals surface area (Å²) in [5.74, 6) is 0.233. The third-order valence-electron chi connectivity index (χ3n) is 3.29. The molecule has 1 aromatic rings. The molecule has 2 N–H and O–H groups in total. The molecule has 0 spiro atoms. The van der Waals surface area contributed by atoms with Gasteiger partial charge in [-0.1, -0.05) is 13.8 Å². The SMILES string of the molecule is CC(C)C(=O)Cc1ccnc([C@]2(C)C=COC(N)=N2)c1. The van der Waals surface area contributed by atoms with E-state index < -0.39 is 5.54 Å². The van der Waals surface area contributed by atoms with E-state index in [1.54, 1.807) is 12.3 Å². The van der Waals surface area contributed by atoms with Gasteiger partial charge in [0.25, 0.3) is 6.02 Å². The van der Waals surface area contributed by atoms with Crippen LogP contribution in [-0.4, -0.2) is 16.8 Å². The molecule has 0 aromatic carbocycles. The van der Waals surface area contributed by atoms with Crippen molar-refractivity contribution in [2.75, 3.05) is 0 Å². The molecule has 0 saturated carbocycles. The first-order chi connectivity index (χ1) is 9.40. The van der Waals surface area contributed by atoms with Crippen molar-refractivity contribution in [2.24, 2.45) is 16.6 Å². The summed E-state index contributed by atoms with van der Waals surface area (Å²) < 4.78 is 4.99. The molecule has 0 amide bonds. The van der Waals surface area contributed by atoms with Crippen molar-refractivity contribution in [2.45, 2.75) is 32.7 Å². The molecule has 2 heterocycles. The first kappa shape index (κ1) is 14.2. The van der Waals surface area contributed by atoms with Crippen molar-refractivity contribution >= 4 is 11.8 Å². The van der Waals surface area contributed by atoms with Gasteiger partial charge in [0.1, 0.15) is 11.3 Å². The van der Waals surface area contributed by atoms with Crippen LogP contribution < -0.4 is 5.73 Å². The van der Waals surface area contributed by atoms with E-state index in [-0.39, 0.29) is 17.7 Å². The lowest BCUT2D eigenvalue weighted by Gasteiger charge is -2.24. The maximum atomic E-state index is 11.8. The minimum Gasteiger partial charge on any atom is -0.434 e. The molecule has 1 aliphatic heterocycles. The van der Waals surface area contributed by atoms with Crippen molar-refractivity contribution in [3.63, 3.8) is 0 Å². The van der Waals surface area contributed by atoms with Crippen LogP contribution in [0.15, 0.2) is 35.7 Å². The van der Waals surface area contributed by atoms with Crippen LogP contribution in [0.1, 0.15) is 32.0 Å². The summed E-state index contributed by atoms with van der Waals surface area (Å²) in [6, 6.07) is 3.86. The van der Waals surface area contributed by atoms with Gasteiger partial charge in [-0.3, -0.25) is 9.78 Å².